The van der Waals surface area contributed by atoms with Gasteiger partial charge < -0.3 is 20.0 Å². The van der Waals surface area contributed by atoms with Crippen LogP contribution in [0.25, 0.3) is 0 Å². The Bertz CT molecular complexity index is 595. The Morgan fingerprint density at radius 3 is 2.62 bits per heavy atom. The fourth-order valence-electron chi connectivity index (χ4n) is 3.49. The van der Waals surface area contributed by atoms with E-state index in [1.165, 1.54) is 11.5 Å². The van der Waals surface area contributed by atoms with E-state index < -0.39 is 0 Å². The van der Waals surface area contributed by atoms with Crippen molar-refractivity contribution in [3.63, 3.8) is 0 Å². The zero-order valence-corrected chi connectivity index (χ0v) is 17.3. The number of aryl methyl sites for hydroxylation is 1. The molecule has 2 saturated heterocycles. The molecule has 1 atom stereocenters. The third kappa shape index (κ3) is 4.63. The Morgan fingerprint density at radius 1 is 1.19 bits per heavy atom. The molecule has 0 aromatic carbocycles. The van der Waals surface area contributed by atoms with Crippen molar-refractivity contribution in [2.24, 2.45) is 4.99 Å². The number of anilines is 1. The molecule has 0 amide bonds. The average Bonchev–Trinajstić information content (AvgIpc) is 3.14. The second-order valence-corrected chi connectivity index (χ2v) is 7.88. The van der Waals surface area contributed by atoms with Gasteiger partial charge in [-0.1, -0.05) is 6.92 Å². The van der Waals surface area contributed by atoms with Crippen molar-refractivity contribution in [3.8, 4) is 0 Å². The summed E-state index contributed by atoms with van der Waals surface area (Å²) in [5.74, 6) is 1.96. The summed E-state index contributed by atoms with van der Waals surface area (Å²) in [5.41, 5.74) is 0. The number of aromatic nitrogens is 2. The summed E-state index contributed by atoms with van der Waals surface area (Å²) in [6, 6.07) is 0.528. The maximum atomic E-state index is 4.61. The van der Waals surface area contributed by atoms with Crippen molar-refractivity contribution in [1.29, 1.82) is 0 Å². The van der Waals surface area contributed by atoms with Crippen LogP contribution in [-0.2, 0) is 6.42 Å². The smallest absolute Gasteiger partial charge is 0.205 e. The molecule has 2 aliphatic heterocycles. The Kier molecular flexibility index (Phi) is 6.66. The highest BCUT2D eigenvalue weighted by atomic mass is 32.1. The standard InChI is InChI=1S/C17H32N8S/c1-5-15-20-17(26-21-15)25-10-8-24(9-11-25)16(18-2)19-12-14-13-22(3)6-7-23(14)4/h14H,5-13H2,1-4H3,(H,18,19). The molecular formula is C17H32N8S. The predicted octanol–water partition coefficient (Wildman–Crippen LogP) is 0.0437. The Morgan fingerprint density at radius 2 is 1.96 bits per heavy atom. The molecule has 1 unspecified atom stereocenters. The van der Waals surface area contributed by atoms with Gasteiger partial charge in [-0.25, -0.2) is 4.98 Å². The molecular weight excluding hydrogens is 348 g/mol. The molecule has 0 aliphatic carbocycles. The highest BCUT2D eigenvalue weighted by molar-refractivity contribution is 7.09. The minimum absolute atomic E-state index is 0.528. The second-order valence-electron chi connectivity index (χ2n) is 7.15. The Hall–Kier alpha value is -1.45. The molecule has 1 aromatic rings. The number of aliphatic imine (C=N–C) groups is 1. The minimum Gasteiger partial charge on any atom is -0.355 e. The van der Waals surface area contributed by atoms with Gasteiger partial charge >= 0.3 is 0 Å². The molecule has 3 heterocycles. The van der Waals surface area contributed by atoms with Gasteiger partial charge in [-0.2, -0.15) is 4.37 Å². The minimum atomic E-state index is 0.528. The number of rotatable bonds is 4. The third-order valence-corrected chi connectivity index (χ3v) is 6.13. The van der Waals surface area contributed by atoms with E-state index in [1.54, 1.807) is 0 Å². The molecule has 2 aliphatic rings. The first-order valence-corrected chi connectivity index (χ1v) is 10.3. The van der Waals surface area contributed by atoms with E-state index in [4.69, 9.17) is 0 Å². The monoisotopic (exact) mass is 380 g/mol. The lowest BCUT2D eigenvalue weighted by Crippen LogP contribution is -2.57. The molecule has 0 bridgehead atoms. The number of likely N-dealkylation sites (N-methyl/N-ethyl adjacent to an activating group) is 2. The van der Waals surface area contributed by atoms with Crippen LogP contribution in [0.1, 0.15) is 12.7 Å². The number of guanidine groups is 1. The molecule has 1 N–H and O–H groups in total. The first kappa shape index (κ1) is 19.3. The lowest BCUT2D eigenvalue weighted by molar-refractivity contribution is 0.116. The quantitative estimate of drug-likeness (QED) is 0.585. The SMILES string of the molecule is CCc1nsc(N2CCN(C(=NC)NCC3CN(C)CCN3C)CC2)n1. The van der Waals surface area contributed by atoms with Gasteiger partial charge in [0, 0.05) is 83.4 Å². The first-order valence-electron chi connectivity index (χ1n) is 9.52. The Balaban J connectivity index is 1.49. The number of piperazine rings is 2. The normalized spacial score (nSPS) is 23.5. The molecule has 3 rings (SSSR count). The summed E-state index contributed by atoms with van der Waals surface area (Å²) < 4.78 is 4.41. The summed E-state index contributed by atoms with van der Waals surface area (Å²) in [7, 11) is 6.29. The maximum absolute atomic E-state index is 4.61. The van der Waals surface area contributed by atoms with Crippen LogP contribution in [0.5, 0.6) is 0 Å². The van der Waals surface area contributed by atoms with Gasteiger partial charge in [0.05, 0.1) is 0 Å². The molecule has 0 saturated carbocycles. The van der Waals surface area contributed by atoms with E-state index in [0.29, 0.717) is 6.04 Å². The van der Waals surface area contributed by atoms with Crippen molar-refractivity contribution < 1.29 is 0 Å². The largest absolute Gasteiger partial charge is 0.355 e. The van der Waals surface area contributed by atoms with Crippen molar-refractivity contribution in [1.82, 2.24) is 29.4 Å². The van der Waals surface area contributed by atoms with Gasteiger partial charge in [-0.05, 0) is 14.1 Å². The molecule has 26 heavy (non-hydrogen) atoms. The van der Waals surface area contributed by atoms with Crippen LogP contribution in [0.15, 0.2) is 4.99 Å². The first-order chi connectivity index (χ1) is 12.6. The fraction of sp³-hybridized carbons (Fsp3) is 0.824. The molecule has 0 spiro atoms. The lowest BCUT2D eigenvalue weighted by Gasteiger charge is -2.39. The van der Waals surface area contributed by atoms with Crippen LogP contribution < -0.4 is 10.2 Å². The predicted molar refractivity (Wildman–Crippen MR) is 108 cm³/mol. The maximum Gasteiger partial charge on any atom is 0.205 e. The van der Waals surface area contributed by atoms with Gasteiger partial charge in [0.25, 0.3) is 0 Å². The molecule has 8 nitrogen and oxygen atoms in total. The van der Waals surface area contributed by atoms with Crippen molar-refractivity contribution in [2.75, 3.05) is 78.4 Å². The highest BCUT2D eigenvalue weighted by Crippen LogP contribution is 2.19. The summed E-state index contributed by atoms with van der Waals surface area (Å²) in [6.07, 6.45) is 0.901. The molecule has 146 valence electrons. The van der Waals surface area contributed by atoms with E-state index >= 15 is 0 Å². The van der Waals surface area contributed by atoms with Crippen LogP contribution >= 0.6 is 11.5 Å². The van der Waals surface area contributed by atoms with Crippen molar-refractivity contribution in [2.45, 2.75) is 19.4 Å². The van der Waals surface area contributed by atoms with Gasteiger partial charge in [-0.3, -0.25) is 9.89 Å². The van der Waals surface area contributed by atoms with E-state index in [-0.39, 0.29) is 0 Å². The average molecular weight is 381 g/mol. The van der Waals surface area contributed by atoms with E-state index in [2.05, 4.69) is 60.3 Å². The molecule has 1 aromatic heterocycles. The zero-order chi connectivity index (χ0) is 18.5. The summed E-state index contributed by atoms with van der Waals surface area (Å²) in [6.45, 7) is 10.3. The zero-order valence-electron chi connectivity index (χ0n) is 16.5. The van der Waals surface area contributed by atoms with Crippen LogP contribution in [0, 0.1) is 0 Å². The number of hydrogen-bond acceptors (Lipinski definition) is 7. The van der Waals surface area contributed by atoms with E-state index in [1.807, 2.05) is 7.05 Å². The fourth-order valence-corrected chi connectivity index (χ4v) is 4.29. The molecule has 0 radical (unpaired) electrons. The van der Waals surface area contributed by atoms with Gasteiger partial charge in [0.2, 0.25) is 5.13 Å². The highest BCUT2D eigenvalue weighted by Gasteiger charge is 2.25. The summed E-state index contributed by atoms with van der Waals surface area (Å²) in [5, 5.41) is 4.64. The summed E-state index contributed by atoms with van der Waals surface area (Å²) in [4.78, 5) is 18.7. The number of nitrogens with zero attached hydrogens (tertiary/aromatic N) is 7. The molecule has 9 heteroatoms. The van der Waals surface area contributed by atoms with Crippen molar-refractivity contribution >= 4 is 22.6 Å². The third-order valence-electron chi connectivity index (χ3n) is 5.31. The van der Waals surface area contributed by atoms with Crippen LogP contribution in [-0.4, -0.2) is 110 Å². The van der Waals surface area contributed by atoms with E-state index in [0.717, 1.165) is 75.7 Å². The second kappa shape index (κ2) is 8.96. The van der Waals surface area contributed by atoms with Crippen LogP contribution in [0.3, 0.4) is 0 Å². The van der Waals surface area contributed by atoms with Gasteiger partial charge in [0.1, 0.15) is 5.82 Å². The Labute approximate surface area is 161 Å². The van der Waals surface area contributed by atoms with Crippen LogP contribution in [0.2, 0.25) is 0 Å². The number of nitrogens with one attached hydrogen (secondary N) is 1. The van der Waals surface area contributed by atoms with E-state index in [9.17, 15) is 0 Å². The van der Waals surface area contributed by atoms with Gasteiger partial charge in [0.15, 0.2) is 5.96 Å². The lowest BCUT2D eigenvalue weighted by atomic mass is 10.2. The van der Waals surface area contributed by atoms with Crippen molar-refractivity contribution in [3.05, 3.63) is 5.82 Å². The van der Waals surface area contributed by atoms with Crippen LogP contribution in [0.4, 0.5) is 5.13 Å². The number of hydrogen-bond donors (Lipinski definition) is 1. The van der Waals surface area contributed by atoms with Gasteiger partial charge in [-0.15, -0.1) is 0 Å². The molecule has 2 fully saturated rings. The summed E-state index contributed by atoms with van der Waals surface area (Å²) >= 11 is 1.52. The topological polar surface area (TPSA) is 63.1 Å².